The highest BCUT2D eigenvalue weighted by atomic mass is 32.2. The number of aliphatic hydroxyl groups excluding tert-OH is 1. The number of ether oxygens (including phenoxy) is 1. The van der Waals surface area contributed by atoms with Gasteiger partial charge < -0.3 is 15.2 Å². The minimum absolute atomic E-state index is 0.0981. The van der Waals surface area contributed by atoms with Crippen LogP contribution >= 0.6 is 11.8 Å². The number of hydrogen-bond acceptors (Lipinski definition) is 4. The number of hydrogen-bond donors (Lipinski definition) is 2. The molecule has 0 radical (unpaired) electrons. The molecule has 3 atom stereocenters. The Morgan fingerprint density at radius 1 is 1.69 bits per heavy atom. The van der Waals surface area contributed by atoms with Crippen LogP contribution in [0.3, 0.4) is 0 Å². The second-order valence-corrected chi connectivity index (χ2v) is 5.05. The molecule has 0 aromatic heterocycles. The number of thioether (sulfide) groups is 1. The molecule has 1 saturated heterocycles. The molecule has 0 spiro atoms. The first-order chi connectivity index (χ1) is 6.26. The topological polar surface area (TPSA) is 41.5 Å². The van der Waals surface area contributed by atoms with Gasteiger partial charge in [-0.25, -0.2) is 0 Å². The second kappa shape index (κ2) is 5.86. The average Bonchev–Trinajstić information content (AvgIpc) is 2.50. The highest BCUT2D eigenvalue weighted by Crippen LogP contribution is 2.26. The lowest BCUT2D eigenvalue weighted by atomic mass is 10.1. The Balaban J connectivity index is 2.21. The highest BCUT2D eigenvalue weighted by molar-refractivity contribution is 8.00. The van der Waals surface area contributed by atoms with Crippen LogP contribution in [-0.2, 0) is 4.74 Å². The van der Waals surface area contributed by atoms with E-state index in [4.69, 9.17) is 9.84 Å². The van der Waals surface area contributed by atoms with Gasteiger partial charge in [0.2, 0.25) is 0 Å². The zero-order valence-electron chi connectivity index (χ0n) is 8.32. The Hall–Kier alpha value is 0.230. The maximum absolute atomic E-state index is 9.03. The maximum Gasteiger partial charge on any atom is 0.0638 e. The lowest BCUT2D eigenvalue weighted by Crippen LogP contribution is -2.43. The summed E-state index contributed by atoms with van der Waals surface area (Å²) in [4.78, 5) is 0. The van der Waals surface area contributed by atoms with E-state index in [1.807, 2.05) is 11.8 Å². The fourth-order valence-corrected chi connectivity index (χ4v) is 2.78. The number of rotatable bonds is 5. The van der Waals surface area contributed by atoms with E-state index in [9.17, 15) is 0 Å². The summed E-state index contributed by atoms with van der Waals surface area (Å²) >= 11 is 1.99. The van der Waals surface area contributed by atoms with Gasteiger partial charge in [0.05, 0.1) is 19.3 Å². The Morgan fingerprint density at radius 2 is 2.46 bits per heavy atom. The van der Waals surface area contributed by atoms with Crippen LogP contribution in [0.1, 0.15) is 13.3 Å². The van der Waals surface area contributed by atoms with Crippen molar-refractivity contribution in [2.24, 2.45) is 0 Å². The smallest absolute Gasteiger partial charge is 0.0638 e. The molecule has 2 N–H and O–H groups in total. The van der Waals surface area contributed by atoms with Crippen molar-refractivity contribution in [2.75, 3.05) is 26.1 Å². The molecule has 1 aliphatic rings. The molecule has 0 aromatic carbocycles. The molecule has 4 heteroatoms. The van der Waals surface area contributed by atoms with Crippen LogP contribution in [0.25, 0.3) is 0 Å². The van der Waals surface area contributed by atoms with Crippen LogP contribution in [-0.4, -0.2) is 48.5 Å². The van der Waals surface area contributed by atoms with E-state index in [0.29, 0.717) is 12.6 Å². The summed E-state index contributed by atoms with van der Waals surface area (Å²) in [5.74, 6) is 1.15. The quantitative estimate of drug-likeness (QED) is 0.685. The summed E-state index contributed by atoms with van der Waals surface area (Å²) in [7, 11) is 1.66. The molecule has 0 aromatic rings. The molecule has 0 saturated carbocycles. The van der Waals surface area contributed by atoms with E-state index in [1.54, 1.807) is 7.11 Å². The molecular formula is C9H19NO2S. The molecular weight excluding hydrogens is 186 g/mol. The third-order valence-electron chi connectivity index (χ3n) is 2.26. The second-order valence-electron chi connectivity index (χ2n) is 3.58. The van der Waals surface area contributed by atoms with Crippen molar-refractivity contribution in [1.29, 1.82) is 0 Å². The third kappa shape index (κ3) is 3.85. The molecule has 1 rings (SSSR count). The van der Waals surface area contributed by atoms with Gasteiger partial charge in [-0.3, -0.25) is 0 Å². The standard InChI is InChI=1S/C9H19NO2S/c1-7-3-8(6-13-7)10-9(4-11)5-12-2/h7-11H,3-6H2,1-2H3. The predicted molar refractivity (Wildman–Crippen MR) is 56.2 cm³/mol. The van der Waals surface area contributed by atoms with Crippen LogP contribution in [0.5, 0.6) is 0 Å². The van der Waals surface area contributed by atoms with Crippen LogP contribution in [0.2, 0.25) is 0 Å². The summed E-state index contributed by atoms with van der Waals surface area (Å²) in [5, 5.41) is 13.2. The van der Waals surface area contributed by atoms with Gasteiger partial charge in [-0.1, -0.05) is 6.92 Å². The third-order valence-corrected chi connectivity index (χ3v) is 3.61. The van der Waals surface area contributed by atoms with Crippen molar-refractivity contribution in [3.63, 3.8) is 0 Å². The molecule has 1 fully saturated rings. The van der Waals surface area contributed by atoms with Crippen LogP contribution < -0.4 is 5.32 Å². The monoisotopic (exact) mass is 205 g/mol. The largest absolute Gasteiger partial charge is 0.395 e. The number of nitrogens with one attached hydrogen (secondary N) is 1. The summed E-state index contributed by atoms with van der Waals surface area (Å²) < 4.78 is 5.00. The normalized spacial score (nSPS) is 30.7. The van der Waals surface area contributed by atoms with Crippen molar-refractivity contribution in [2.45, 2.75) is 30.7 Å². The first-order valence-electron chi connectivity index (χ1n) is 4.73. The minimum atomic E-state index is 0.0981. The van der Waals surface area contributed by atoms with Gasteiger partial charge in [0, 0.05) is 24.2 Å². The van der Waals surface area contributed by atoms with E-state index < -0.39 is 0 Å². The summed E-state index contributed by atoms with van der Waals surface area (Å²) in [6, 6.07) is 0.646. The molecule has 78 valence electrons. The van der Waals surface area contributed by atoms with Gasteiger partial charge >= 0.3 is 0 Å². The van der Waals surface area contributed by atoms with E-state index in [1.165, 1.54) is 6.42 Å². The summed E-state index contributed by atoms with van der Waals surface area (Å²) in [5.41, 5.74) is 0. The predicted octanol–water partition coefficient (Wildman–Crippen LogP) is 0.477. The van der Waals surface area contributed by atoms with E-state index in [0.717, 1.165) is 11.0 Å². The van der Waals surface area contributed by atoms with Gasteiger partial charge in [0.15, 0.2) is 0 Å². The molecule has 13 heavy (non-hydrogen) atoms. The molecule has 0 amide bonds. The first-order valence-corrected chi connectivity index (χ1v) is 5.78. The van der Waals surface area contributed by atoms with Crippen LogP contribution in [0, 0.1) is 0 Å². The van der Waals surface area contributed by atoms with Crippen molar-refractivity contribution in [3.05, 3.63) is 0 Å². The molecule has 3 nitrogen and oxygen atoms in total. The highest BCUT2D eigenvalue weighted by Gasteiger charge is 2.23. The van der Waals surface area contributed by atoms with E-state index in [2.05, 4.69) is 12.2 Å². The van der Waals surface area contributed by atoms with Crippen molar-refractivity contribution in [3.8, 4) is 0 Å². The van der Waals surface area contributed by atoms with E-state index >= 15 is 0 Å². The lowest BCUT2D eigenvalue weighted by Gasteiger charge is -2.19. The fourth-order valence-electron chi connectivity index (χ4n) is 1.62. The Bertz CT molecular complexity index is 144. The SMILES string of the molecule is COCC(CO)NC1CSC(C)C1. The summed E-state index contributed by atoms with van der Waals surface area (Å²) in [6.07, 6.45) is 1.20. The molecule has 1 heterocycles. The molecule has 1 aliphatic heterocycles. The Morgan fingerprint density at radius 3 is 2.92 bits per heavy atom. The first kappa shape index (κ1) is 11.3. The zero-order valence-corrected chi connectivity index (χ0v) is 9.14. The Kier molecular flexibility index (Phi) is 5.09. The van der Waals surface area contributed by atoms with Crippen molar-refractivity contribution < 1.29 is 9.84 Å². The molecule has 0 bridgehead atoms. The van der Waals surface area contributed by atoms with Gasteiger partial charge in [-0.2, -0.15) is 11.8 Å². The van der Waals surface area contributed by atoms with Gasteiger partial charge in [-0.05, 0) is 6.42 Å². The van der Waals surface area contributed by atoms with Crippen LogP contribution in [0.15, 0.2) is 0 Å². The molecule has 3 unspecified atom stereocenters. The molecule has 0 aliphatic carbocycles. The number of methoxy groups -OCH3 is 1. The van der Waals surface area contributed by atoms with Gasteiger partial charge in [0.25, 0.3) is 0 Å². The average molecular weight is 205 g/mol. The Labute approximate surface area is 84.2 Å². The maximum atomic E-state index is 9.03. The van der Waals surface area contributed by atoms with Gasteiger partial charge in [-0.15, -0.1) is 0 Å². The zero-order chi connectivity index (χ0) is 9.68. The lowest BCUT2D eigenvalue weighted by molar-refractivity contribution is 0.123. The van der Waals surface area contributed by atoms with Gasteiger partial charge in [0.1, 0.15) is 0 Å². The minimum Gasteiger partial charge on any atom is -0.395 e. The van der Waals surface area contributed by atoms with Crippen LogP contribution in [0.4, 0.5) is 0 Å². The fraction of sp³-hybridized carbons (Fsp3) is 1.00. The van der Waals surface area contributed by atoms with Crippen molar-refractivity contribution >= 4 is 11.8 Å². The number of aliphatic hydroxyl groups is 1. The summed E-state index contributed by atoms with van der Waals surface area (Å²) in [6.45, 7) is 2.99. The van der Waals surface area contributed by atoms with E-state index in [-0.39, 0.29) is 12.6 Å². The van der Waals surface area contributed by atoms with Crippen molar-refractivity contribution in [1.82, 2.24) is 5.32 Å².